The van der Waals surface area contributed by atoms with Crippen LogP contribution in [0, 0.1) is 0 Å². The lowest BCUT2D eigenvalue weighted by atomic mass is 9.90. The van der Waals surface area contributed by atoms with E-state index >= 15 is 0 Å². The van der Waals surface area contributed by atoms with Crippen molar-refractivity contribution in [2.75, 3.05) is 13.2 Å². The second-order valence-corrected chi connectivity index (χ2v) is 18.2. The molecule has 0 spiro atoms. The number of benzene rings is 2. The van der Waals surface area contributed by atoms with Crippen LogP contribution in [0.4, 0.5) is 4.79 Å². The third-order valence-electron chi connectivity index (χ3n) is 12.9. The molecule has 8 aromatic rings. The largest absolute Gasteiger partial charge is 0.494 e. The zero-order valence-corrected chi connectivity index (χ0v) is 40.2. The number of hydrogen-bond acceptors (Lipinski definition) is 13. The van der Waals surface area contributed by atoms with Gasteiger partial charge in [0.15, 0.2) is 0 Å². The van der Waals surface area contributed by atoms with Crippen molar-refractivity contribution < 1.29 is 23.8 Å². The standard InChI is InChI=1S/C57H55N9O6/c1-2-49-50-30-53-54-42(33-66(53)55(67)51(50)38-71-56(49)68)28-41-29-47(17-18-52(41)63-54)72-57(69)62-23-11-12-24-70-48-26-39(31-64(34-43-13-3-7-19-58-43)35-44-14-4-8-20-59-44)25-40(27-48)32-65(36-45-15-5-9-21-60-45)37-46-16-6-10-22-61-46/h3-10,13-22,25-30,49H,2,11-12,23-24,31-38H2,1H3,(H,62,69). The summed E-state index contributed by atoms with van der Waals surface area (Å²) >= 11 is 0. The molecule has 364 valence electrons. The van der Waals surface area contributed by atoms with Gasteiger partial charge in [0, 0.05) is 81.6 Å². The fraction of sp³-hybridized carbons (Fsp3) is 0.263. The van der Waals surface area contributed by atoms with Crippen LogP contribution in [-0.2, 0) is 62.0 Å². The maximum absolute atomic E-state index is 13.6. The van der Waals surface area contributed by atoms with E-state index < -0.39 is 12.0 Å². The molecule has 0 bridgehead atoms. The minimum atomic E-state index is -0.560. The number of ether oxygens (including phenoxy) is 3. The van der Waals surface area contributed by atoms with Gasteiger partial charge in [-0.1, -0.05) is 37.3 Å². The first-order valence-corrected chi connectivity index (χ1v) is 24.4. The summed E-state index contributed by atoms with van der Waals surface area (Å²) in [6, 6.07) is 39.6. The topological polar surface area (TPSA) is 167 Å². The molecule has 72 heavy (non-hydrogen) atoms. The van der Waals surface area contributed by atoms with Gasteiger partial charge in [0.2, 0.25) is 0 Å². The Kier molecular flexibility index (Phi) is 14.7. The van der Waals surface area contributed by atoms with Gasteiger partial charge < -0.3 is 24.1 Å². The number of amides is 1. The summed E-state index contributed by atoms with van der Waals surface area (Å²) < 4.78 is 19.2. The molecular formula is C57H55N9O6. The summed E-state index contributed by atoms with van der Waals surface area (Å²) in [5.74, 6) is 0.365. The maximum Gasteiger partial charge on any atom is 0.412 e. The SMILES string of the molecule is CCC1C(=O)OCc2c1cc1n(c2=O)Cc2cc3cc(OC(=O)NCCCCOc4cc(CN(Cc5ccccn5)Cc5ccccn5)cc(CN(Cc5ccccn5)Cc5ccccn5)c4)ccc3nc2-1. The number of aromatic nitrogens is 6. The normalized spacial score (nSPS) is 13.7. The van der Waals surface area contributed by atoms with Crippen LogP contribution in [-0.4, -0.2) is 64.5 Å². The van der Waals surface area contributed by atoms with Gasteiger partial charge in [-0.05, 0) is 127 Å². The van der Waals surface area contributed by atoms with Gasteiger partial charge in [-0.2, -0.15) is 0 Å². The zero-order chi connectivity index (χ0) is 49.2. The molecule has 0 fully saturated rings. The van der Waals surface area contributed by atoms with E-state index in [0.29, 0.717) is 106 Å². The van der Waals surface area contributed by atoms with Gasteiger partial charge in [0.25, 0.3) is 5.56 Å². The van der Waals surface area contributed by atoms with Crippen molar-refractivity contribution in [3.05, 3.63) is 207 Å². The summed E-state index contributed by atoms with van der Waals surface area (Å²) in [6.45, 7) is 6.91. The predicted octanol–water partition coefficient (Wildman–Crippen LogP) is 8.91. The molecule has 1 unspecified atom stereocenters. The number of fused-ring (bicyclic) bond motifs is 5. The van der Waals surface area contributed by atoms with Crippen LogP contribution in [0.5, 0.6) is 11.5 Å². The average molecular weight is 962 g/mol. The Balaban J connectivity index is 0.786. The number of esters is 1. The molecule has 6 aromatic heterocycles. The third-order valence-corrected chi connectivity index (χ3v) is 12.9. The van der Waals surface area contributed by atoms with Crippen LogP contribution < -0.4 is 20.3 Å². The van der Waals surface area contributed by atoms with E-state index in [0.717, 1.165) is 56.2 Å². The summed E-state index contributed by atoms with van der Waals surface area (Å²) in [6.07, 6.45) is 8.65. The second kappa shape index (κ2) is 22.3. The molecule has 0 radical (unpaired) electrons. The first kappa shape index (κ1) is 47.5. The van der Waals surface area contributed by atoms with Crippen LogP contribution in [0.2, 0.25) is 0 Å². The second-order valence-electron chi connectivity index (χ2n) is 18.2. The summed E-state index contributed by atoms with van der Waals surface area (Å²) in [7, 11) is 0. The summed E-state index contributed by atoms with van der Waals surface area (Å²) in [5.41, 5.74) is 10.2. The van der Waals surface area contributed by atoms with Gasteiger partial charge in [-0.25, -0.2) is 9.78 Å². The van der Waals surface area contributed by atoms with E-state index in [1.165, 1.54) is 0 Å². The number of cyclic esters (lactones) is 1. The molecule has 15 heteroatoms. The fourth-order valence-corrected chi connectivity index (χ4v) is 9.53. The molecule has 2 aliphatic rings. The van der Waals surface area contributed by atoms with E-state index in [1.807, 2.05) is 117 Å². The van der Waals surface area contributed by atoms with E-state index in [2.05, 4.69) is 53.3 Å². The van der Waals surface area contributed by atoms with Crippen molar-refractivity contribution in [3.8, 4) is 22.9 Å². The molecule has 8 heterocycles. The van der Waals surface area contributed by atoms with Crippen LogP contribution in [0.3, 0.4) is 0 Å². The van der Waals surface area contributed by atoms with Gasteiger partial charge in [-0.3, -0.25) is 39.3 Å². The highest BCUT2D eigenvalue weighted by Crippen LogP contribution is 2.37. The Morgan fingerprint density at radius 3 is 1.85 bits per heavy atom. The lowest BCUT2D eigenvalue weighted by molar-refractivity contribution is -0.148. The highest BCUT2D eigenvalue weighted by molar-refractivity contribution is 5.86. The molecule has 15 nitrogen and oxygen atoms in total. The minimum Gasteiger partial charge on any atom is -0.494 e. The number of nitrogens with one attached hydrogen (secondary N) is 1. The molecule has 0 saturated carbocycles. The number of rotatable bonds is 20. The zero-order valence-electron chi connectivity index (χ0n) is 40.2. The Morgan fingerprint density at radius 1 is 0.694 bits per heavy atom. The maximum atomic E-state index is 13.6. The first-order chi connectivity index (χ1) is 35.3. The number of hydrogen-bond donors (Lipinski definition) is 1. The fourth-order valence-electron chi connectivity index (χ4n) is 9.53. The quantitative estimate of drug-likeness (QED) is 0.0569. The molecule has 0 aliphatic carbocycles. The molecule has 1 N–H and O–H groups in total. The third kappa shape index (κ3) is 11.5. The van der Waals surface area contributed by atoms with E-state index in [-0.39, 0.29) is 18.1 Å². The van der Waals surface area contributed by atoms with E-state index in [9.17, 15) is 14.4 Å². The molecular weight excluding hydrogens is 907 g/mol. The number of pyridine rings is 6. The smallest absolute Gasteiger partial charge is 0.412 e. The number of nitrogens with zero attached hydrogens (tertiary/aromatic N) is 8. The highest BCUT2D eigenvalue weighted by Gasteiger charge is 2.34. The minimum absolute atomic E-state index is 0.0216. The predicted molar refractivity (Wildman–Crippen MR) is 271 cm³/mol. The number of unbranched alkanes of at least 4 members (excludes halogenated alkanes) is 1. The Labute approximate surface area is 417 Å². The highest BCUT2D eigenvalue weighted by atomic mass is 16.6. The number of carbonyl (C=O) groups excluding carboxylic acids is 2. The molecule has 0 saturated heterocycles. The molecule has 10 rings (SSSR count). The summed E-state index contributed by atoms with van der Waals surface area (Å²) in [5, 5.41) is 3.66. The van der Waals surface area contributed by atoms with Crippen LogP contribution in [0.15, 0.2) is 151 Å². The first-order valence-electron chi connectivity index (χ1n) is 24.4. The molecule has 1 amide bonds. The van der Waals surface area contributed by atoms with Crippen molar-refractivity contribution in [2.45, 2.75) is 84.5 Å². The van der Waals surface area contributed by atoms with Crippen molar-refractivity contribution in [1.29, 1.82) is 0 Å². The van der Waals surface area contributed by atoms with Gasteiger partial charge in [-0.15, -0.1) is 0 Å². The van der Waals surface area contributed by atoms with Gasteiger partial charge in [0.1, 0.15) is 18.1 Å². The molecule has 2 aliphatic heterocycles. The Morgan fingerprint density at radius 2 is 1.29 bits per heavy atom. The van der Waals surface area contributed by atoms with Gasteiger partial charge in [0.05, 0.1) is 64.3 Å². The van der Waals surface area contributed by atoms with Crippen molar-refractivity contribution in [1.82, 2.24) is 44.6 Å². The van der Waals surface area contributed by atoms with Crippen molar-refractivity contribution in [3.63, 3.8) is 0 Å². The van der Waals surface area contributed by atoms with E-state index in [1.54, 1.807) is 22.8 Å². The molecule has 2 aromatic carbocycles. The summed E-state index contributed by atoms with van der Waals surface area (Å²) in [4.78, 5) is 67.2. The van der Waals surface area contributed by atoms with Crippen LogP contribution in [0.1, 0.15) is 82.7 Å². The Hall–Kier alpha value is -8.14. The lowest BCUT2D eigenvalue weighted by Crippen LogP contribution is -2.32. The average Bonchev–Trinajstić information content (AvgIpc) is 3.75. The van der Waals surface area contributed by atoms with Crippen molar-refractivity contribution >= 4 is 23.0 Å². The number of carbonyl (C=O) groups is 2. The molecule has 1 atom stereocenters. The van der Waals surface area contributed by atoms with Gasteiger partial charge >= 0.3 is 12.1 Å². The van der Waals surface area contributed by atoms with Crippen LogP contribution in [0.25, 0.3) is 22.3 Å². The van der Waals surface area contributed by atoms with Crippen LogP contribution >= 0.6 is 0 Å². The lowest BCUT2D eigenvalue weighted by Gasteiger charge is -2.25. The monoisotopic (exact) mass is 961 g/mol. The van der Waals surface area contributed by atoms with E-state index in [4.69, 9.17) is 19.2 Å². The Bertz CT molecular complexity index is 3040. The van der Waals surface area contributed by atoms with Crippen molar-refractivity contribution in [2.24, 2.45) is 0 Å².